The van der Waals surface area contributed by atoms with E-state index in [-0.39, 0.29) is 24.5 Å². The number of carbonyl (C=O) groups is 2. The van der Waals surface area contributed by atoms with E-state index < -0.39 is 43.1 Å². The van der Waals surface area contributed by atoms with Gasteiger partial charge in [-0.2, -0.15) is 13.2 Å². The van der Waals surface area contributed by atoms with Gasteiger partial charge in [-0.15, -0.1) is 0 Å². The zero-order valence-electron chi connectivity index (χ0n) is 19.0. The lowest BCUT2D eigenvalue weighted by Gasteiger charge is -2.27. The number of amides is 1. The highest BCUT2D eigenvalue weighted by molar-refractivity contribution is 5.92. The van der Waals surface area contributed by atoms with Crippen LogP contribution < -0.4 is 10.1 Å². The molecule has 0 fully saturated rings. The fraction of sp³-hybridized carbons (Fsp3) is 0.417. The fourth-order valence-electron chi connectivity index (χ4n) is 3.06. The summed E-state index contributed by atoms with van der Waals surface area (Å²) in [6.45, 7) is 1.01. The van der Waals surface area contributed by atoms with Crippen LogP contribution in [0.1, 0.15) is 35.7 Å². The first-order valence-corrected chi connectivity index (χ1v) is 10.8. The summed E-state index contributed by atoms with van der Waals surface area (Å²) in [5.74, 6) is -2.77. The van der Waals surface area contributed by atoms with Crippen molar-refractivity contribution in [3.05, 3.63) is 65.5 Å². The molecule has 1 atom stereocenters. The Morgan fingerprint density at radius 3 is 2.47 bits per heavy atom. The Kier molecular flexibility index (Phi) is 10.3. The van der Waals surface area contributed by atoms with Crippen molar-refractivity contribution < 1.29 is 36.6 Å². The predicted molar refractivity (Wildman–Crippen MR) is 118 cm³/mol. The van der Waals surface area contributed by atoms with Crippen LogP contribution in [0.5, 0.6) is 5.75 Å². The van der Waals surface area contributed by atoms with E-state index in [2.05, 4.69) is 0 Å². The van der Waals surface area contributed by atoms with Crippen LogP contribution in [-0.2, 0) is 16.1 Å². The molecule has 0 radical (unpaired) electrons. The molecule has 1 unspecified atom stereocenters. The lowest BCUT2D eigenvalue weighted by molar-refractivity contribution is -0.165. The molecule has 2 rings (SSSR count). The molecule has 6 nitrogen and oxygen atoms in total. The average molecular weight is 484 g/mol. The lowest BCUT2D eigenvalue weighted by Crippen LogP contribution is -2.52. The number of nitrogens with zero attached hydrogens (tertiary/aromatic N) is 1. The van der Waals surface area contributed by atoms with Crippen molar-refractivity contribution in [1.29, 1.82) is 0 Å². The van der Waals surface area contributed by atoms with Gasteiger partial charge < -0.3 is 14.8 Å². The molecule has 0 aliphatic heterocycles. The molecular weight excluding hydrogens is 456 g/mol. The summed E-state index contributed by atoms with van der Waals surface area (Å²) in [5.41, 5.74) is 0.578. The molecule has 1 N–H and O–H groups in total. The van der Waals surface area contributed by atoms with Crippen LogP contribution in [0.3, 0.4) is 0 Å². The highest BCUT2D eigenvalue weighted by Gasteiger charge is 2.41. The molecule has 0 aliphatic rings. The maximum Gasteiger partial charge on any atom is 0.409 e. The van der Waals surface area contributed by atoms with Crippen LogP contribution in [0.2, 0.25) is 0 Å². The quantitative estimate of drug-likeness (QED) is 0.276. The summed E-state index contributed by atoms with van der Waals surface area (Å²) in [5, 5.41) is 1.93. The van der Waals surface area contributed by atoms with Gasteiger partial charge in [0.15, 0.2) is 6.61 Å². The minimum Gasteiger partial charge on any atom is -0.483 e. The minimum atomic E-state index is -4.69. The minimum absolute atomic E-state index is 0.121. The van der Waals surface area contributed by atoms with E-state index in [9.17, 15) is 27.2 Å². The Morgan fingerprint density at radius 2 is 1.82 bits per heavy atom. The van der Waals surface area contributed by atoms with Gasteiger partial charge in [0, 0.05) is 13.1 Å². The molecule has 10 heteroatoms. The second kappa shape index (κ2) is 12.9. The number of esters is 1. The summed E-state index contributed by atoms with van der Waals surface area (Å²) in [7, 11) is 1.52. The molecular formula is C24H28F4N2O4. The number of benzene rings is 2. The molecule has 186 valence electrons. The summed E-state index contributed by atoms with van der Waals surface area (Å²) in [4.78, 5) is 25.9. The number of halogens is 4. The Morgan fingerprint density at radius 1 is 1.12 bits per heavy atom. The van der Waals surface area contributed by atoms with Crippen LogP contribution >= 0.6 is 0 Å². The SMILES string of the molecule is CCCCOC(=O)c1cc(F)ccc1OCC(=O)NC(CN(C)Cc1ccccc1)C(F)(F)F. The third-order valence-corrected chi connectivity index (χ3v) is 4.77. The van der Waals surface area contributed by atoms with Crippen molar-refractivity contribution >= 4 is 11.9 Å². The first-order chi connectivity index (χ1) is 16.1. The second-order valence-corrected chi connectivity index (χ2v) is 7.76. The summed E-state index contributed by atoms with van der Waals surface area (Å²) in [6.07, 6.45) is -3.30. The second-order valence-electron chi connectivity index (χ2n) is 7.76. The number of likely N-dealkylation sites (N-methyl/N-ethyl adjacent to an activating group) is 1. The molecule has 0 aromatic heterocycles. The van der Waals surface area contributed by atoms with Crippen LogP contribution in [0.15, 0.2) is 48.5 Å². The van der Waals surface area contributed by atoms with E-state index in [1.807, 2.05) is 12.2 Å². The Hall–Kier alpha value is -3.14. The van der Waals surface area contributed by atoms with Crippen LogP contribution in [0.4, 0.5) is 17.6 Å². The summed E-state index contributed by atoms with van der Waals surface area (Å²) in [6, 6.07) is 9.83. The molecule has 0 saturated carbocycles. The number of nitrogens with one attached hydrogen (secondary N) is 1. The van der Waals surface area contributed by atoms with E-state index in [1.165, 1.54) is 11.9 Å². The van der Waals surface area contributed by atoms with Crippen molar-refractivity contribution in [3.8, 4) is 5.75 Å². The molecule has 0 saturated heterocycles. The molecule has 0 spiro atoms. The van der Waals surface area contributed by atoms with Gasteiger partial charge in [0.1, 0.15) is 23.2 Å². The van der Waals surface area contributed by atoms with E-state index in [1.54, 1.807) is 30.3 Å². The number of alkyl halides is 3. The smallest absolute Gasteiger partial charge is 0.409 e. The van der Waals surface area contributed by atoms with Crippen molar-refractivity contribution in [2.24, 2.45) is 0 Å². The predicted octanol–water partition coefficient (Wildman–Crippen LogP) is 4.34. The molecule has 34 heavy (non-hydrogen) atoms. The van der Waals surface area contributed by atoms with Gasteiger partial charge in [0.25, 0.3) is 5.91 Å². The van der Waals surface area contributed by atoms with E-state index in [0.29, 0.717) is 6.42 Å². The maximum absolute atomic E-state index is 13.6. The Labute approximate surface area is 195 Å². The third-order valence-electron chi connectivity index (χ3n) is 4.77. The standard InChI is InChI=1S/C24H28F4N2O4/c1-3-4-12-33-23(32)19-13-18(25)10-11-20(19)34-16-22(31)29-21(24(26,27)28)15-30(2)14-17-8-6-5-7-9-17/h5-11,13,21H,3-4,12,14-16H2,1-2H3,(H,29,31). The van der Waals surface area contributed by atoms with Gasteiger partial charge in [0.05, 0.1) is 6.61 Å². The van der Waals surface area contributed by atoms with Crippen molar-refractivity contribution in [1.82, 2.24) is 10.2 Å². The molecule has 2 aromatic carbocycles. The number of ether oxygens (including phenoxy) is 2. The van der Waals surface area contributed by atoms with E-state index in [0.717, 1.165) is 30.2 Å². The van der Waals surface area contributed by atoms with Gasteiger partial charge in [0.2, 0.25) is 0 Å². The van der Waals surface area contributed by atoms with Crippen molar-refractivity contribution in [3.63, 3.8) is 0 Å². The van der Waals surface area contributed by atoms with Crippen molar-refractivity contribution in [2.45, 2.75) is 38.5 Å². The van der Waals surface area contributed by atoms with E-state index in [4.69, 9.17) is 9.47 Å². The van der Waals surface area contributed by atoms with Gasteiger partial charge in [-0.05, 0) is 37.2 Å². The van der Waals surface area contributed by atoms with Crippen molar-refractivity contribution in [2.75, 3.05) is 26.8 Å². The van der Waals surface area contributed by atoms with E-state index >= 15 is 0 Å². The normalized spacial score (nSPS) is 12.3. The fourth-order valence-corrected chi connectivity index (χ4v) is 3.06. The Balaban J connectivity index is 1.99. The number of rotatable bonds is 12. The average Bonchev–Trinajstić information content (AvgIpc) is 2.78. The monoisotopic (exact) mass is 484 g/mol. The highest BCUT2D eigenvalue weighted by Crippen LogP contribution is 2.23. The first kappa shape index (κ1) is 27.1. The molecule has 2 aromatic rings. The number of hydrogen-bond donors (Lipinski definition) is 1. The maximum atomic E-state index is 13.6. The molecule has 0 bridgehead atoms. The summed E-state index contributed by atoms with van der Waals surface area (Å²) >= 11 is 0. The topological polar surface area (TPSA) is 67.9 Å². The van der Waals surface area contributed by atoms with Gasteiger partial charge in [-0.3, -0.25) is 9.69 Å². The first-order valence-electron chi connectivity index (χ1n) is 10.8. The van der Waals surface area contributed by atoms with Crippen LogP contribution in [0, 0.1) is 5.82 Å². The Bertz CT molecular complexity index is 938. The van der Waals surface area contributed by atoms with Gasteiger partial charge >= 0.3 is 12.1 Å². The van der Waals surface area contributed by atoms with Crippen LogP contribution in [-0.4, -0.2) is 55.8 Å². The van der Waals surface area contributed by atoms with Crippen LogP contribution in [0.25, 0.3) is 0 Å². The molecule has 0 heterocycles. The lowest BCUT2D eigenvalue weighted by atomic mass is 10.2. The number of carbonyl (C=O) groups excluding carboxylic acids is 2. The van der Waals surface area contributed by atoms with Gasteiger partial charge in [-0.25, -0.2) is 9.18 Å². The summed E-state index contributed by atoms with van der Waals surface area (Å²) < 4.78 is 64.4. The highest BCUT2D eigenvalue weighted by atomic mass is 19.4. The third kappa shape index (κ3) is 9.01. The van der Waals surface area contributed by atoms with Gasteiger partial charge in [-0.1, -0.05) is 43.7 Å². The largest absolute Gasteiger partial charge is 0.483 e. The number of hydrogen-bond acceptors (Lipinski definition) is 5. The molecule has 0 aliphatic carbocycles. The zero-order chi connectivity index (χ0) is 25.1. The number of unbranched alkanes of at least 4 members (excludes halogenated alkanes) is 1. The zero-order valence-corrected chi connectivity index (χ0v) is 19.0. The molecule has 1 amide bonds.